The molecule has 0 radical (unpaired) electrons. The van der Waals surface area contributed by atoms with E-state index in [1.807, 2.05) is 0 Å². The quantitative estimate of drug-likeness (QED) is 0.741. The lowest BCUT2D eigenvalue weighted by atomic mass is 10.0. The predicted octanol–water partition coefficient (Wildman–Crippen LogP) is 4.37. The van der Waals surface area contributed by atoms with Crippen molar-refractivity contribution in [2.24, 2.45) is 7.05 Å². The minimum Gasteiger partial charge on any atom is -0.321 e. The van der Waals surface area contributed by atoms with E-state index in [2.05, 4.69) is 15.4 Å². The summed E-state index contributed by atoms with van der Waals surface area (Å²) in [6, 6.07) is 11.2. The zero-order valence-electron chi connectivity index (χ0n) is 14.9. The third kappa shape index (κ3) is 3.84. The van der Waals surface area contributed by atoms with Crippen molar-refractivity contribution < 1.29 is 18.0 Å². The molecule has 0 aliphatic heterocycles. The molecule has 0 bridgehead atoms. The van der Waals surface area contributed by atoms with E-state index in [4.69, 9.17) is 0 Å². The van der Waals surface area contributed by atoms with Crippen LogP contribution in [0, 0.1) is 13.8 Å². The van der Waals surface area contributed by atoms with Crippen LogP contribution in [-0.2, 0) is 13.2 Å². The summed E-state index contributed by atoms with van der Waals surface area (Å²) in [6.45, 7) is 3.47. The minimum atomic E-state index is -4.74. The van der Waals surface area contributed by atoms with E-state index in [-0.39, 0.29) is 11.3 Å². The number of nitrogens with zero attached hydrogens (tertiary/aromatic N) is 3. The summed E-state index contributed by atoms with van der Waals surface area (Å²) in [7, 11) is 1.32. The highest BCUT2D eigenvalue weighted by Crippen LogP contribution is 2.39. The second-order valence-corrected chi connectivity index (χ2v) is 6.15. The number of aromatic nitrogens is 3. The maximum atomic E-state index is 13.8. The lowest BCUT2D eigenvalue weighted by Gasteiger charge is -2.12. The molecule has 0 aliphatic rings. The first-order chi connectivity index (χ1) is 12.7. The number of benzene rings is 1. The second-order valence-electron chi connectivity index (χ2n) is 6.15. The molecule has 1 N–H and O–H groups in total. The lowest BCUT2D eigenvalue weighted by Crippen LogP contribution is -2.21. The van der Waals surface area contributed by atoms with Crippen LogP contribution in [0.25, 0.3) is 11.3 Å². The molecular weight excluding hydrogens is 357 g/mol. The fourth-order valence-electron chi connectivity index (χ4n) is 2.95. The standard InChI is InChI=1S/C19H17F3N4O/c1-11-9-14(10-12(2)23-11)24-18(27)17-15(19(20,21)22)16(25-26(17)3)13-7-5-4-6-8-13/h4-10H,1-3H3,(H,23,24,27). The van der Waals surface area contributed by atoms with Gasteiger partial charge in [-0.2, -0.15) is 18.3 Å². The fraction of sp³-hybridized carbons (Fsp3) is 0.211. The first kappa shape index (κ1) is 18.6. The molecule has 0 saturated carbocycles. The van der Waals surface area contributed by atoms with Crippen LogP contribution >= 0.6 is 0 Å². The van der Waals surface area contributed by atoms with Crippen LogP contribution in [0.1, 0.15) is 27.4 Å². The van der Waals surface area contributed by atoms with Crippen molar-refractivity contribution in [3.05, 3.63) is 65.1 Å². The number of rotatable bonds is 3. The van der Waals surface area contributed by atoms with E-state index in [9.17, 15) is 18.0 Å². The van der Waals surface area contributed by atoms with Gasteiger partial charge in [-0.05, 0) is 26.0 Å². The molecule has 3 aromatic rings. The molecule has 27 heavy (non-hydrogen) atoms. The van der Waals surface area contributed by atoms with Crippen LogP contribution in [0.3, 0.4) is 0 Å². The number of halogens is 3. The van der Waals surface area contributed by atoms with Gasteiger partial charge >= 0.3 is 6.18 Å². The van der Waals surface area contributed by atoms with E-state index < -0.39 is 23.3 Å². The summed E-state index contributed by atoms with van der Waals surface area (Å²) in [5, 5.41) is 6.49. The molecule has 0 spiro atoms. The molecule has 3 rings (SSSR count). The van der Waals surface area contributed by atoms with E-state index in [0.29, 0.717) is 17.1 Å². The smallest absolute Gasteiger partial charge is 0.321 e. The van der Waals surface area contributed by atoms with E-state index in [0.717, 1.165) is 4.68 Å². The number of amides is 1. The van der Waals surface area contributed by atoms with Gasteiger partial charge in [-0.25, -0.2) is 0 Å². The molecule has 1 aromatic carbocycles. The van der Waals surface area contributed by atoms with Gasteiger partial charge in [0.15, 0.2) is 0 Å². The number of alkyl halides is 3. The van der Waals surface area contributed by atoms with Crippen molar-refractivity contribution in [2.45, 2.75) is 20.0 Å². The van der Waals surface area contributed by atoms with E-state index in [1.165, 1.54) is 19.2 Å². The number of nitrogens with one attached hydrogen (secondary N) is 1. The minimum absolute atomic E-state index is 0.280. The highest BCUT2D eigenvalue weighted by molar-refractivity contribution is 6.05. The summed E-state index contributed by atoms with van der Waals surface area (Å²) < 4.78 is 42.3. The molecule has 0 atom stereocenters. The zero-order valence-corrected chi connectivity index (χ0v) is 14.9. The molecule has 8 heteroatoms. The highest BCUT2D eigenvalue weighted by Gasteiger charge is 2.42. The Hall–Kier alpha value is -3.16. The lowest BCUT2D eigenvalue weighted by molar-refractivity contribution is -0.137. The maximum absolute atomic E-state index is 13.8. The third-order valence-corrected chi connectivity index (χ3v) is 3.93. The maximum Gasteiger partial charge on any atom is 0.420 e. The Bertz CT molecular complexity index is 974. The molecule has 0 fully saturated rings. The van der Waals surface area contributed by atoms with Gasteiger partial charge in [-0.1, -0.05) is 30.3 Å². The summed E-state index contributed by atoms with van der Waals surface area (Å²) in [5.41, 5.74) is 0.0748. The van der Waals surface area contributed by atoms with Crippen LogP contribution < -0.4 is 5.32 Å². The zero-order chi connectivity index (χ0) is 19.8. The fourth-order valence-corrected chi connectivity index (χ4v) is 2.95. The van der Waals surface area contributed by atoms with Crippen molar-refractivity contribution >= 4 is 11.6 Å². The van der Waals surface area contributed by atoms with Gasteiger partial charge in [-0.3, -0.25) is 14.5 Å². The topological polar surface area (TPSA) is 59.8 Å². The van der Waals surface area contributed by atoms with Crippen LogP contribution in [0.2, 0.25) is 0 Å². The third-order valence-electron chi connectivity index (χ3n) is 3.93. The summed E-state index contributed by atoms with van der Waals surface area (Å²) >= 11 is 0. The van der Waals surface area contributed by atoms with Crippen molar-refractivity contribution in [1.82, 2.24) is 14.8 Å². The van der Waals surface area contributed by atoms with Gasteiger partial charge in [0.05, 0.1) is 0 Å². The molecular formula is C19H17F3N4O. The Morgan fingerprint density at radius 3 is 2.22 bits per heavy atom. The number of aryl methyl sites for hydroxylation is 3. The van der Waals surface area contributed by atoms with Crippen LogP contribution in [0.5, 0.6) is 0 Å². The van der Waals surface area contributed by atoms with E-state index >= 15 is 0 Å². The van der Waals surface area contributed by atoms with Crippen LogP contribution in [0.15, 0.2) is 42.5 Å². The van der Waals surface area contributed by atoms with Crippen molar-refractivity contribution in [1.29, 1.82) is 0 Å². The van der Waals surface area contributed by atoms with Crippen molar-refractivity contribution in [3.63, 3.8) is 0 Å². The number of hydrogen-bond donors (Lipinski definition) is 1. The number of pyridine rings is 1. The number of carbonyl (C=O) groups is 1. The van der Waals surface area contributed by atoms with E-state index in [1.54, 1.807) is 44.2 Å². The molecule has 2 aromatic heterocycles. The molecule has 1 amide bonds. The first-order valence-electron chi connectivity index (χ1n) is 8.13. The Morgan fingerprint density at radius 1 is 1.07 bits per heavy atom. The second kappa shape index (κ2) is 6.86. The monoisotopic (exact) mass is 374 g/mol. The average molecular weight is 374 g/mol. The van der Waals surface area contributed by atoms with Gasteiger partial charge in [0.2, 0.25) is 0 Å². The van der Waals surface area contributed by atoms with Gasteiger partial charge in [0.25, 0.3) is 5.91 Å². The molecule has 140 valence electrons. The molecule has 0 saturated heterocycles. The Morgan fingerprint density at radius 2 is 1.67 bits per heavy atom. The number of carbonyl (C=O) groups excluding carboxylic acids is 1. The van der Waals surface area contributed by atoms with Crippen molar-refractivity contribution in [2.75, 3.05) is 5.32 Å². The van der Waals surface area contributed by atoms with Gasteiger partial charge in [0, 0.05) is 29.7 Å². The molecule has 0 unspecified atom stereocenters. The van der Waals surface area contributed by atoms with Crippen molar-refractivity contribution in [3.8, 4) is 11.3 Å². The number of anilines is 1. The summed E-state index contributed by atoms with van der Waals surface area (Å²) in [4.78, 5) is 16.9. The number of hydrogen-bond acceptors (Lipinski definition) is 3. The molecule has 5 nitrogen and oxygen atoms in total. The van der Waals surface area contributed by atoms with Gasteiger partial charge in [-0.15, -0.1) is 0 Å². The SMILES string of the molecule is Cc1cc(NC(=O)c2c(C(F)(F)F)c(-c3ccccc3)nn2C)cc(C)n1. The molecule has 2 heterocycles. The van der Waals surface area contributed by atoms with Gasteiger partial charge < -0.3 is 5.32 Å². The average Bonchev–Trinajstić information content (AvgIpc) is 2.92. The van der Waals surface area contributed by atoms with Crippen LogP contribution in [-0.4, -0.2) is 20.7 Å². The van der Waals surface area contributed by atoms with Gasteiger partial charge in [0.1, 0.15) is 17.0 Å². The summed E-state index contributed by atoms with van der Waals surface area (Å²) in [5.74, 6) is -0.885. The predicted molar refractivity (Wildman–Crippen MR) is 95.3 cm³/mol. The van der Waals surface area contributed by atoms with Crippen LogP contribution in [0.4, 0.5) is 18.9 Å². The Balaban J connectivity index is 2.09. The molecule has 0 aliphatic carbocycles. The largest absolute Gasteiger partial charge is 0.420 e. The Kier molecular flexibility index (Phi) is 4.73. The normalized spacial score (nSPS) is 11.5. The Labute approximate surface area is 153 Å². The first-order valence-corrected chi connectivity index (χ1v) is 8.13. The highest BCUT2D eigenvalue weighted by atomic mass is 19.4. The summed E-state index contributed by atoms with van der Waals surface area (Å²) in [6.07, 6.45) is -4.74.